The van der Waals surface area contributed by atoms with Crippen molar-refractivity contribution in [2.24, 2.45) is 0 Å². The molecule has 2 aromatic carbocycles. The molecular formula is C23H23ClFNO3. The van der Waals surface area contributed by atoms with Crippen molar-refractivity contribution in [2.45, 2.75) is 50.2 Å². The van der Waals surface area contributed by atoms with Crippen LogP contribution < -0.4 is 5.32 Å². The number of Topliss-reactive ketones (excluding diaryl/α,β-unsaturated/α-hetero) is 1. The third kappa shape index (κ3) is 3.47. The molecule has 29 heavy (non-hydrogen) atoms. The maximum absolute atomic E-state index is 14.8. The standard InChI is InChI=1S/C23H23ClFNO3/c1-13-18(11-15(12-19(13)25)14-3-5-16(24)6-4-14)20-21(27)23(26-22(20)28)9-7-17(29-2)8-10-23/h3-6,11-12,17,20H,7-10H2,1-2H3,(H,26,28). The maximum atomic E-state index is 14.8. The van der Waals surface area contributed by atoms with Crippen molar-refractivity contribution in [3.63, 3.8) is 0 Å². The van der Waals surface area contributed by atoms with E-state index in [0.29, 0.717) is 47.4 Å². The minimum absolute atomic E-state index is 0.108. The van der Waals surface area contributed by atoms with Crippen LogP contribution >= 0.6 is 11.6 Å². The lowest BCUT2D eigenvalue weighted by Crippen LogP contribution is -2.50. The summed E-state index contributed by atoms with van der Waals surface area (Å²) in [4.78, 5) is 26.2. The van der Waals surface area contributed by atoms with Gasteiger partial charge in [-0.25, -0.2) is 4.39 Å². The Morgan fingerprint density at radius 1 is 1.10 bits per heavy atom. The summed E-state index contributed by atoms with van der Waals surface area (Å²) < 4.78 is 20.1. The van der Waals surface area contributed by atoms with Gasteiger partial charge in [0, 0.05) is 12.1 Å². The van der Waals surface area contributed by atoms with Crippen LogP contribution in [0, 0.1) is 12.7 Å². The van der Waals surface area contributed by atoms with Crippen LogP contribution in [-0.4, -0.2) is 30.4 Å². The fourth-order valence-corrected chi connectivity index (χ4v) is 4.67. The first-order valence-corrected chi connectivity index (χ1v) is 10.2. The van der Waals surface area contributed by atoms with Gasteiger partial charge in [0.15, 0.2) is 5.78 Å². The highest BCUT2D eigenvalue weighted by Gasteiger charge is 2.54. The summed E-state index contributed by atoms with van der Waals surface area (Å²) in [7, 11) is 1.66. The van der Waals surface area contributed by atoms with E-state index < -0.39 is 17.3 Å². The van der Waals surface area contributed by atoms with Gasteiger partial charge in [-0.3, -0.25) is 9.59 Å². The summed E-state index contributed by atoms with van der Waals surface area (Å²) in [5.74, 6) is -1.93. The molecule has 1 saturated heterocycles. The predicted octanol–water partition coefficient (Wildman–Crippen LogP) is 4.56. The van der Waals surface area contributed by atoms with Crippen molar-refractivity contribution >= 4 is 23.3 Å². The first-order valence-electron chi connectivity index (χ1n) is 9.80. The fraction of sp³-hybridized carbons (Fsp3) is 0.391. The largest absolute Gasteiger partial charge is 0.381 e. The van der Waals surface area contributed by atoms with Crippen molar-refractivity contribution in [3.05, 3.63) is 58.4 Å². The number of ketones is 1. The number of carbonyl (C=O) groups is 2. The third-order valence-corrected chi connectivity index (χ3v) is 6.60. The van der Waals surface area contributed by atoms with Crippen molar-refractivity contribution < 1.29 is 18.7 Å². The van der Waals surface area contributed by atoms with Gasteiger partial charge in [0.25, 0.3) is 0 Å². The van der Waals surface area contributed by atoms with Gasteiger partial charge in [-0.05, 0) is 79.1 Å². The van der Waals surface area contributed by atoms with Crippen LogP contribution in [-0.2, 0) is 14.3 Å². The van der Waals surface area contributed by atoms with E-state index in [-0.39, 0.29) is 17.8 Å². The second-order valence-electron chi connectivity index (χ2n) is 7.98. The zero-order chi connectivity index (χ0) is 20.8. The van der Waals surface area contributed by atoms with Gasteiger partial charge < -0.3 is 10.1 Å². The van der Waals surface area contributed by atoms with E-state index in [4.69, 9.17) is 16.3 Å². The van der Waals surface area contributed by atoms with Gasteiger partial charge in [-0.2, -0.15) is 0 Å². The third-order valence-electron chi connectivity index (χ3n) is 6.35. The Hall–Kier alpha value is -2.24. The number of rotatable bonds is 3. The predicted molar refractivity (Wildman–Crippen MR) is 109 cm³/mol. The van der Waals surface area contributed by atoms with Crippen LogP contribution in [0.15, 0.2) is 36.4 Å². The quantitative estimate of drug-likeness (QED) is 0.747. The molecule has 1 atom stereocenters. The Kier molecular flexibility index (Phi) is 5.21. The van der Waals surface area contributed by atoms with Gasteiger partial charge in [0.2, 0.25) is 5.91 Å². The molecular weight excluding hydrogens is 393 g/mol. The van der Waals surface area contributed by atoms with E-state index in [1.807, 2.05) is 0 Å². The number of halogens is 2. The molecule has 1 unspecified atom stereocenters. The smallest absolute Gasteiger partial charge is 0.235 e. The highest BCUT2D eigenvalue weighted by molar-refractivity contribution is 6.30. The van der Waals surface area contributed by atoms with Gasteiger partial charge in [-0.15, -0.1) is 0 Å². The Bertz CT molecular complexity index is 965. The normalized spacial score (nSPS) is 26.8. The van der Waals surface area contributed by atoms with Crippen LogP contribution in [0.25, 0.3) is 11.1 Å². The molecule has 0 radical (unpaired) electrons. The lowest BCUT2D eigenvalue weighted by molar-refractivity contribution is -0.126. The summed E-state index contributed by atoms with van der Waals surface area (Å²) in [5.41, 5.74) is 1.29. The first kappa shape index (κ1) is 20.0. The lowest BCUT2D eigenvalue weighted by Gasteiger charge is -2.35. The molecule has 1 spiro atoms. The Morgan fingerprint density at radius 3 is 2.38 bits per heavy atom. The zero-order valence-corrected chi connectivity index (χ0v) is 17.2. The molecule has 2 aliphatic rings. The molecule has 2 fully saturated rings. The average molecular weight is 416 g/mol. The fourth-order valence-electron chi connectivity index (χ4n) is 4.55. The van der Waals surface area contributed by atoms with Gasteiger partial charge in [-0.1, -0.05) is 23.7 Å². The molecule has 1 N–H and O–H groups in total. The highest BCUT2D eigenvalue weighted by Crippen LogP contribution is 2.41. The molecule has 0 bridgehead atoms. The SMILES string of the molecule is COC1CCC2(CC1)NC(=O)C(c1cc(-c3ccc(Cl)cc3)cc(F)c1C)C2=O. The van der Waals surface area contributed by atoms with E-state index in [0.717, 1.165) is 5.56 Å². The molecule has 6 heteroatoms. The molecule has 4 nitrogen and oxygen atoms in total. The van der Waals surface area contributed by atoms with Crippen molar-refractivity contribution in [1.29, 1.82) is 0 Å². The molecule has 1 amide bonds. The summed E-state index contributed by atoms with van der Waals surface area (Å²) in [5, 5.41) is 3.53. The Balaban J connectivity index is 1.71. The van der Waals surface area contributed by atoms with Gasteiger partial charge in [0.1, 0.15) is 11.7 Å². The molecule has 2 aromatic rings. The van der Waals surface area contributed by atoms with Crippen molar-refractivity contribution in [1.82, 2.24) is 5.32 Å². The number of hydrogen-bond donors (Lipinski definition) is 1. The molecule has 152 valence electrons. The molecule has 1 aliphatic heterocycles. The number of methoxy groups -OCH3 is 1. The van der Waals surface area contributed by atoms with Crippen LogP contribution in [0.4, 0.5) is 4.39 Å². The van der Waals surface area contributed by atoms with E-state index >= 15 is 0 Å². The van der Waals surface area contributed by atoms with E-state index in [2.05, 4.69) is 5.32 Å². The average Bonchev–Trinajstić information content (AvgIpc) is 2.95. The highest BCUT2D eigenvalue weighted by atomic mass is 35.5. The van der Waals surface area contributed by atoms with E-state index in [1.165, 1.54) is 6.07 Å². The first-order chi connectivity index (χ1) is 13.8. The second-order valence-corrected chi connectivity index (χ2v) is 8.42. The van der Waals surface area contributed by atoms with Crippen molar-refractivity contribution in [2.75, 3.05) is 7.11 Å². The zero-order valence-electron chi connectivity index (χ0n) is 16.4. The lowest BCUT2D eigenvalue weighted by atomic mass is 9.75. The second kappa shape index (κ2) is 7.54. The van der Waals surface area contributed by atoms with Gasteiger partial charge in [0.05, 0.1) is 11.6 Å². The summed E-state index contributed by atoms with van der Waals surface area (Å²) in [6.07, 6.45) is 2.63. The number of nitrogens with one attached hydrogen (secondary N) is 1. The van der Waals surface area contributed by atoms with E-state index in [9.17, 15) is 14.0 Å². The van der Waals surface area contributed by atoms with Gasteiger partial charge >= 0.3 is 0 Å². The molecule has 1 heterocycles. The number of benzene rings is 2. The van der Waals surface area contributed by atoms with Crippen LogP contribution in [0.1, 0.15) is 42.7 Å². The summed E-state index contributed by atoms with van der Waals surface area (Å²) in [6, 6.07) is 10.2. The maximum Gasteiger partial charge on any atom is 0.235 e. The number of amides is 1. The molecule has 4 rings (SSSR count). The molecule has 1 saturated carbocycles. The Labute approximate surface area is 174 Å². The number of hydrogen-bond acceptors (Lipinski definition) is 3. The Morgan fingerprint density at radius 2 is 1.76 bits per heavy atom. The number of ether oxygens (including phenoxy) is 1. The summed E-state index contributed by atoms with van der Waals surface area (Å²) >= 11 is 5.95. The monoisotopic (exact) mass is 415 g/mol. The van der Waals surface area contributed by atoms with Crippen LogP contribution in [0.3, 0.4) is 0 Å². The minimum Gasteiger partial charge on any atom is -0.381 e. The minimum atomic E-state index is -0.990. The molecule has 1 aliphatic carbocycles. The van der Waals surface area contributed by atoms with Crippen LogP contribution in [0.5, 0.6) is 0 Å². The topological polar surface area (TPSA) is 55.4 Å². The summed E-state index contributed by atoms with van der Waals surface area (Å²) in [6.45, 7) is 1.61. The molecule has 0 aromatic heterocycles. The van der Waals surface area contributed by atoms with E-state index in [1.54, 1.807) is 44.4 Å². The van der Waals surface area contributed by atoms with Crippen molar-refractivity contribution in [3.8, 4) is 11.1 Å². The van der Waals surface area contributed by atoms with Crippen LogP contribution in [0.2, 0.25) is 5.02 Å². The number of carbonyl (C=O) groups excluding carboxylic acids is 2.